The third kappa shape index (κ3) is 4.21. The van der Waals surface area contributed by atoms with Crippen molar-refractivity contribution in [3.05, 3.63) is 29.8 Å². The lowest BCUT2D eigenvalue weighted by Gasteiger charge is -2.22. The first-order valence-electron chi connectivity index (χ1n) is 7.66. The number of hydrogen-bond acceptors (Lipinski definition) is 3. The predicted octanol–water partition coefficient (Wildman–Crippen LogP) is 2.61. The van der Waals surface area contributed by atoms with Gasteiger partial charge in [-0.05, 0) is 24.5 Å². The number of amides is 1. The molecule has 1 aliphatic carbocycles. The number of carbonyl (C=O) groups excluding carboxylic acids is 1. The quantitative estimate of drug-likeness (QED) is 0.847. The van der Waals surface area contributed by atoms with Crippen molar-refractivity contribution in [3.8, 4) is 5.75 Å². The van der Waals surface area contributed by atoms with Crippen molar-refractivity contribution in [3.63, 3.8) is 0 Å². The third-order valence-electron chi connectivity index (χ3n) is 4.30. The van der Waals surface area contributed by atoms with Crippen molar-refractivity contribution in [1.29, 1.82) is 0 Å². The summed E-state index contributed by atoms with van der Waals surface area (Å²) in [6, 6.07) is 7.84. The number of para-hydroxylation sites is 1. The van der Waals surface area contributed by atoms with E-state index in [4.69, 9.17) is 4.74 Å². The van der Waals surface area contributed by atoms with Crippen molar-refractivity contribution in [2.75, 3.05) is 13.7 Å². The number of hydrogen-bond donors (Lipinski definition) is 2. The first-order valence-corrected chi connectivity index (χ1v) is 7.66. The van der Waals surface area contributed by atoms with Gasteiger partial charge in [-0.3, -0.25) is 4.79 Å². The number of aliphatic hydroxyl groups is 1. The van der Waals surface area contributed by atoms with Crippen LogP contribution in [0.5, 0.6) is 5.75 Å². The van der Waals surface area contributed by atoms with Crippen LogP contribution < -0.4 is 10.1 Å². The molecular weight excluding hydrogens is 266 g/mol. The molecule has 0 spiro atoms. The summed E-state index contributed by atoms with van der Waals surface area (Å²) in [6.07, 6.45) is 3.72. The highest BCUT2D eigenvalue weighted by Gasteiger charge is 2.33. The minimum Gasteiger partial charge on any atom is -0.496 e. The van der Waals surface area contributed by atoms with Crippen LogP contribution in [0.2, 0.25) is 0 Å². The van der Waals surface area contributed by atoms with Crippen molar-refractivity contribution in [1.82, 2.24) is 5.32 Å². The van der Waals surface area contributed by atoms with Crippen molar-refractivity contribution >= 4 is 5.91 Å². The summed E-state index contributed by atoms with van der Waals surface area (Å²) < 4.78 is 5.34. The number of nitrogens with one attached hydrogen (secondary N) is 1. The number of ether oxygens (including phenoxy) is 1. The summed E-state index contributed by atoms with van der Waals surface area (Å²) in [6.45, 7) is 2.61. The Balaban J connectivity index is 1.86. The van der Waals surface area contributed by atoms with Crippen LogP contribution in [0.15, 0.2) is 24.3 Å². The van der Waals surface area contributed by atoms with Crippen LogP contribution in [-0.2, 0) is 4.79 Å². The molecule has 1 amide bonds. The molecule has 1 atom stereocenters. The fraction of sp³-hybridized carbons (Fsp3) is 0.588. The van der Waals surface area contributed by atoms with E-state index >= 15 is 0 Å². The highest BCUT2D eigenvalue weighted by Crippen LogP contribution is 2.32. The van der Waals surface area contributed by atoms with E-state index in [-0.39, 0.29) is 18.2 Å². The van der Waals surface area contributed by atoms with Gasteiger partial charge in [0.2, 0.25) is 5.91 Å². The van der Waals surface area contributed by atoms with E-state index in [2.05, 4.69) is 12.2 Å². The van der Waals surface area contributed by atoms with Crippen LogP contribution in [0, 0.1) is 0 Å². The molecule has 0 aromatic heterocycles. The van der Waals surface area contributed by atoms with Crippen LogP contribution in [0.1, 0.15) is 50.5 Å². The molecule has 0 bridgehead atoms. The Bertz CT molecular complexity index is 481. The molecule has 1 fully saturated rings. The van der Waals surface area contributed by atoms with Gasteiger partial charge in [0, 0.05) is 12.5 Å². The minimum atomic E-state index is -0.780. The van der Waals surface area contributed by atoms with Gasteiger partial charge in [0.25, 0.3) is 0 Å². The molecule has 1 aromatic carbocycles. The minimum absolute atomic E-state index is 0.0684. The zero-order valence-corrected chi connectivity index (χ0v) is 12.9. The van der Waals surface area contributed by atoms with Crippen molar-refractivity contribution in [2.24, 2.45) is 0 Å². The topological polar surface area (TPSA) is 58.6 Å². The van der Waals surface area contributed by atoms with Gasteiger partial charge in [-0.1, -0.05) is 38.0 Å². The lowest BCUT2D eigenvalue weighted by molar-refractivity contribution is -0.125. The Hall–Kier alpha value is -1.55. The maximum absolute atomic E-state index is 12.0. The molecule has 0 saturated heterocycles. The van der Waals surface area contributed by atoms with E-state index in [1.165, 1.54) is 0 Å². The summed E-state index contributed by atoms with van der Waals surface area (Å²) in [5.74, 6) is 0.943. The van der Waals surface area contributed by atoms with Gasteiger partial charge < -0.3 is 15.2 Å². The van der Waals surface area contributed by atoms with Gasteiger partial charge in [-0.15, -0.1) is 0 Å². The molecule has 21 heavy (non-hydrogen) atoms. The van der Waals surface area contributed by atoms with Crippen LogP contribution in [0.3, 0.4) is 0 Å². The highest BCUT2D eigenvalue weighted by atomic mass is 16.5. The van der Waals surface area contributed by atoms with E-state index in [1.807, 2.05) is 24.3 Å². The second-order valence-electron chi connectivity index (χ2n) is 6.06. The maximum atomic E-state index is 12.0. The van der Waals surface area contributed by atoms with E-state index < -0.39 is 5.60 Å². The fourth-order valence-corrected chi connectivity index (χ4v) is 3.02. The maximum Gasteiger partial charge on any atom is 0.222 e. The molecule has 1 saturated carbocycles. The second kappa shape index (κ2) is 6.94. The molecular formula is C17H25NO3. The normalized spacial score (nSPS) is 18.2. The number of benzene rings is 1. The van der Waals surface area contributed by atoms with Gasteiger partial charge in [0.15, 0.2) is 0 Å². The molecule has 0 heterocycles. The molecule has 1 aliphatic rings. The Morgan fingerprint density at radius 2 is 2.05 bits per heavy atom. The number of rotatable bonds is 6. The van der Waals surface area contributed by atoms with E-state index in [0.717, 1.165) is 37.0 Å². The van der Waals surface area contributed by atoms with E-state index in [0.29, 0.717) is 6.54 Å². The smallest absolute Gasteiger partial charge is 0.222 e. The van der Waals surface area contributed by atoms with Gasteiger partial charge in [-0.2, -0.15) is 0 Å². The van der Waals surface area contributed by atoms with Crippen molar-refractivity contribution in [2.45, 2.75) is 50.5 Å². The van der Waals surface area contributed by atoms with Crippen LogP contribution in [0.25, 0.3) is 0 Å². The summed E-state index contributed by atoms with van der Waals surface area (Å²) >= 11 is 0. The second-order valence-corrected chi connectivity index (χ2v) is 6.06. The van der Waals surface area contributed by atoms with Crippen LogP contribution in [-0.4, -0.2) is 30.3 Å². The molecule has 1 aromatic rings. The third-order valence-corrected chi connectivity index (χ3v) is 4.30. The monoisotopic (exact) mass is 291 g/mol. The molecule has 0 aliphatic heterocycles. The van der Waals surface area contributed by atoms with Crippen LogP contribution in [0.4, 0.5) is 0 Å². The Morgan fingerprint density at radius 1 is 1.38 bits per heavy atom. The van der Waals surface area contributed by atoms with E-state index in [9.17, 15) is 9.90 Å². The molecule has 2 N–H and O–H groups in total. The van der Waals surface area contributed by atoms with Gasteiger partial charge >= 0.3 is 0 Å². The van der Waals surface area contributed by atoms with Gasteiger partial charge in [0.05, 0.1) is 19.1 Å². The molecule has 4 nitrogen and oxygen atoms in total. The predicted molar refractivity (Wildman–Crippen MR) is 82.5 cm³/mol. The summed E-state index contributed by atoms with van der Waals surface area (Å²) in [4.78, 5) is 12.0. The molecule has 1 unspecified atom stereocenters. The number of carbonyl (C=O) groups is 1. The first kappa shape index (κ1) is 15.8. The fourth-order valence-electron chi connectivity index (χ4n) is 3.02. The summed E-state index contributed by atoms with van der Waals surface area (Å²) in [7, 11) is 1.65. The molecule has 0 radical (unpaired) electrons. The van der Waals surface area contributed by atoms with Gasteiger partial charge in [-0.25, -0.2) is 0 Å². The lowest BCUT2D eigenvalue weighted by atomic mass is 9.97. The molecule has 116 valence electrons. The number of methoxy groups -OCH3 is 1. The lowest BCUT2D eigenvalue weighted by Crippen LogP contribution is -2.36. The first-order chi connectivity index (χ1) is 10.0. The van der Waals surface area contributed by atoms with E-state index in [1.54, 1.807) is 7.11 Å². The average molecular weight is 291 g/mol. The average Bonchev–Trinajstić information content (AvgIpc) is 2.91. The summed E-state index contributed by atoms with van der Waals surface area (Å²) in [5.41, 5.74) is 0.303. The Morgan fingerprint density at radius 3 is 2.71 bits per heavy atom. The Labute approximate surface area is 126 Å². The summed E-state index contributed by atoms with van der Waals surface area (Å²) in [5, 5.41) is 13.2. The highest BCUT2D eigenvalue weighted by molar-refractivity contribution is 5.77. The van der Waals surface area contributed by atoms with Gasteiger partial charge in [0.1, 0.15) is 5.75 Å². The van der Waals surface area contributed by atoms with Crippen molar-refractivity contribution < 1.29 is 14.6 Å². The van der Waals surface area contributed by atoms with Crippen LogP contribution >= 0.6 is 0 Å². The zero-order valence-electron chi connectivity index (χ0n) is 12.9. The Kier molecular flexibility index (Phi) is 5.23. The largest absolute Gasteiger partial charge is 0.496 e. The zero-order chi connectivity index (χ0) is 15.3. The molecule has 4 heteroatoms. The standard InChI is InChI=1S/C17H25NO3/c1-13(14-7-3-4-8-15(14)21-2)12-18-16(19)11-17(20)9-5-6-10-17/h3-4,7-8,13,20H,5-6,9-12H2,1-2H3,(H,18,19). The molecule has 2 rings (SSSR count). The SMILES string of the molecule is COc1ccccc1C(C)CNC(=O)CC1(O)CCCC1.